The predicted molar refractivity (Wildman–Crippen MR) is 137 cm³/mol. The molecule has 0 bridgehead atoms. The molecule has 2 fully saturated rings. The van der Waals surface area contributed by atoms with Crippen LogP contribution in [-0.2, 0) is 9.59 Å². The summed E-state index contributed by atoms with van der Waals surface area (Å²) in [5.41, 5.74) is 1.78. The Labute approximate surface area is 215 Å². The molecule has 2 aliphatic rings. The first kappa shape index (κ1) is 24.5. The smallest absolute Gasteiger partial charge is 0.242 e. The molecule has 0 aliphatic carbocycles. The number of ether oxygens (including phenoxy) is 1. The van der Waals surface area contributed by atoms with E-state index in [4.69, 9.17) is 9.15 Å². The second kappa shape index (κ2) is 10.9. The molecular weight excluding hydrogens is 474 g/mol. The lowest BCUT2D eigenvalue weighted by Gasteiger charge is -2.35. The van der Waals surface area contributed by atoms with Crippen molar-refractivity contribution in [1.82, 2.24) is 24.8 Å². The van der Waals surface area contributed by atoms with Crippen LogP contribution < -0.4 is 14.5 Å². The number of rotatable bonds is 6. The lowest BCUT2D eigenvalue weighted by Crippen LogP contribution is -2.52. The van der Waals surface area contributed by atoms with Gasteiger partial charge >= 0.3 is 0 Å². The second-order valence-electron chi connectivity index (χ2n) is 9.10. The summed E-state index contributed by atoms with van der Waals surface area (Å²) < 4.78 is 11.3. The lowest BCUT2D eigenvalue weighted by molar-refractivity contribution is -0.140. The van der Waals surface area contributed by atoms with E-state index in [1.807, 2.05) is 23.1 Å². The minimum Gasteiger partial charge on any atom is -0.496 e. The topological polar surface area (TPSA) is 108 Å². The van der Waals surface area contributed by atoms with E-state index >= 15 is 0 Å². The summed E-state index contributed by atoms with van der Waals surface area (Å²) in [6.45, 7) is 6.09. The number of carbonyl (C=O) groups excluding carboxylic acids is 2. The molecule has 194 valence electrons. The third-order valence-corrected chi connectivity index (χ3v) is 6.82. The van der Waals surface area contributed by atoms with Gasteiger partial charge in [0.1, 0.15) is 5.75 Å². The Morgan fingerprint density at radius 1 is 1.00 bits per heavy atom. The van der Waals surface area contributed by atoms with Crippen molar-refractivity contribution in [3.63, 3.8) is 0 Å². The van der Waals surface area contributed by atoms with Crippen molar-refractivity contribution in [3.8, 4) is 17.1 Å². The molecule has 0 radical (unpaired) electrons. The molecule has 37 heavy (non-hydrogen) atoms. The number of hydrogen-bond acceptors (Lipinski definition) is 9. The third kappa shape index (κ3) is 5.50. The number of hydrogen-bond donors (Lipinski definition) is 0. The first-order valence-electron chi connectivity index (χ1n) is 12.4. The average molecular weight is 506 g/mol. The molecule has 11 nitrogen and oxygen atoms in total. The van der Waals surface area contributed by atoms with Crippen molar-refractivity contribution in [2.24, 2.45) is 0 Å². The van der Waals surface area contributed by atoms with E-state index < -0.39 is 0 Å². The van der Waals surface area contributed by atoms with Crippen LogP contribution in [0.15, 0.2) is 47.3 Å². The van der Waals surface area contributed by atoms with Gasteiger partial charge in [-0.2, -0.15) is 0 Å². The molecule has 5 rings (SSSR count). The van der Waals surface area contributed by atoms with E-state index in [1.165, 1.54) is 0 Å². The molecule has 2 saturated heterocycles. The highest BCUT2D eigenvalue weighted by Gasteiger charge is 2.28. The fraction of sp³-hybridized carbons (Fsp3) is 0.423. The van der Waals surface area contributed by atoms with Crippen LogP contribution in [0.1, 0.15) is 12.3 Å². The lowest BCUT2D eigenvalue weighted by atomic mass is 10.1. The number of piperazine rings is 1. The maximum Gasteiger partial charge on any atom is 0.242 e. The standard InChI is InChI=1S/C26H31N7O4/c1-19-29-17-23(37-19)21-5-4-20(16-22(21)36-2)30-9-6-24(34)33(15-10-30)18-25(35)31-11-13-32(14-12-31)26-27-7-3-8-28-26/h3-5,7-8,16-17H,6,9-15,18H2,1-2H3. The van der Waals surface area contributed by atoms with Crippen molar-refractivity contribution >= 4 is 23.5 Å². The number of aryl methyl sites for hydroxylation is 1. The summed E-state index contributed by atoms with van der Waals surface area (Å²) in [6.07, 6.45) is 5.46. The van der Waals surface area contributed by atoms with Gasteiger partial charge in [-0.25, -0.2) is 15.0 Å². The van der Waals surface area contributed by atoms with Crippen LogP contribution in [0.4, 0.5) is 11.6 Å². The highest BCUT2D eigenvalue weighted by molar-refractivity contribution is 5.85. The number of amides is 2. The zero-order chi connectivity index (χ0) is 25.8. The Morgan fingerprint density at radius 2 is 1.76 bits per heavy atom. The molecule has 2 aromatic heterocycles. The molecule has 0 saturated carbocycles. The van der Waals surface area contributed by atoms with Gasteiger partial charge in [0.25, 0.3) is 0 Å². The maximum absolute atomic E-state index is 13.0. The monoisotopic (exact) mass is 505 g/mol. The number of oxazole rings is 1. The van der Waals surface area contributed by atoms with Gasteiger partial charge in [-0.15, -0.1) is 0 Å². The van der Waals surface area contributed by atoms with Gasteiger partial charge in [0, 0.05) is 83.3 Å². The highest BCUT2D eigenvalue weighted by Crippen LogP contribution is 2.34. The number of benzene rings is 1. The van der Waals surface area contributed by atoms with Crippen LogP contribution in [0.2, 0.25) is 0 Å². The number of methoxy groups -OCH3 is 1. The first-order valence-corrected chi connectivity index (χ1v) is 12.4. The molecule has 0 spiro atoms. The SMILES string of the molecule is COc1cc(N2CCC(=O)N(CC(=O)N3CCN(c4ncccn4)CC3)CC2)ccc1-c1cnc(C)o1. The van der Waals surface area contributed by atoms with Gasteiger partial charge in [-0.1, -0.05) is 0 Å². The molecule has 4 heterocycles. The predicted octanol–water partition coefficient (Wildman–Crippen LogP) is 1.84. The van der Waals surface area contributed by atoms with Crippen molar-refractivity contribution in [3.05, 3.63) is 48.7 Å². The van der Waals surface area contributed by atoms with Gasteiger partial charge in [0.05, 0.1) is 25.4 Å². The molecule has 0 atom stereocenters. The van der Waals surface area contributed by atoms with E-state index in [0.717, 1.165) is 11.3 Å². The second-order valence-corrected chi connectivity index (χ2v) is 9.10. The van der Waals surface area contributed by atoms with Gasteiger partial charge < -0.3 is 28.8 Å². The Balaban J connectivity index is 1.18. The number of anilines is 2. The Bertz CT molecular complexity index is 1240. The third-order valence-electron chi connectivity index (χ3n) is 6.82. The molecule has 11 heteroatoms. The van der Waals surface area contributed by atoms with Crippen LogP contribution in [-0.4, -0.2) is 96.0 Å². The summed E-state index contributed by atoms with van der Waals surface area (Å²) in [7, 11) is 1.62. The summed E-state index contributed by atoms with van der Waals surface area (Å²) in [5, 5.41) is 0. The largest absolute Gasteiger partial charge is 0.496 e. The summed E-state index contributed by atoms with van der Waals surface area (Å²) in [4.78, 5) is 46.4. The fourth-order valence-corrected chi connectivity index (χ4v) is 4.73. The van der Waals surface area contributed by atoms with E-state index in [0.29, 0.717) is 75.6 Å². The normalized spacial score (nSPS) is 16.6. The minimum atomic E-state index is -0.0243. The average Bonchev–Trinajstić information content (AvgIpc) is 3.29. The Kier molecular flexibility index (Phi) is 7.20. The van der Waals surface area contributed by atoms with E-state index in [2.05, 4.69) is 24.8 Å². The Morgan fingerprint density at radius 3 is 2.46 bits per heavy atom. The zero-order valence-corrected chi connectivity index (χ0v) is 21.2. The number of carbonyl (C=O) groups is 2. The van der Waals surface area contributed by atoms with Crippen molar-refractivity contribution in [1.29, 1.82) is 0 Å². The highest BCUT2D eigenvalue weighted by atomic mass is 16.5. The molecule has 2 amide bonds. The maximum atomic E-state index is 13.0. The van der Waals surface area contributed by atoms with E-state index in [9.17, 15) is 9.59 Å². The summed E-state index contributed by atoms with van der Waals surface area (Å²) in [5.74, 6) is 2.56. The number of nitrogens with zero attached hydrogens (tertiary/aromatic N) is 7. The Hall–Kier alpha value is -4.15. The van der Waals surface area contributed by atoms with Gasteiger partial charge in [0.15, 0.2) is 11.7 Å². The zero-order valence-electron chi connectivity index (χ0n) is 21.2. The number of aromatic nitrogens is 3. The minimum absolute atomic E-state index is 0.00658. The van der Waals surface area contributed by atoms with Gasteiger partial charge in [0.2, 0.25) is 17.8 Å². The van der Waals surface area contributed by atoms with Crippen molar-refractivity contribution < 1.29 is 18.7 Å². The molecule has 2 aliphatic heterocycles. The van der Waals surface area contributed by atoms with Crippen molar-refractivity contribution in [2.45, 2.75) is 13.3 Å². The molecule has 1 aromatic carbocycles. The van der Waals surface area contributed by atoms with Crippen LogP contribution >= 0.6 is 0 Å². The van der Waals surface area contributed by atoms with E-state index in [-0.39, 0.29) is 18.4 Å². The summed E-state index contributed by atoms with van der Waals surface area (Å²) >= 11 is 0. The molecule has 0 unspecified atom stereocenters. The van der Waals surface area contributed by atoms with Crippen molar-refractivity contribution in [2.75, 3.05) is 69.3 Å². The molecule has 3 aromatic rings. The van der Waals surface area contributed by atoms with Crippen LogP contribution in [0.25, 0.3) is 11.3 Å². The van der Waals surface area contributed by atoms with Gasteiger partial charge in [-0.3, -0.25) is 9.59 Å². The summed E-state index contributed by atoms with van der Waals surface area (Å²) in [6, 6.07) is 7.68. The quantitative estimate of drug-likeness (QED) is 0.496. The first-order chi connectivity index (χ1) is 18.0. The van der Waals surface area contributed by atoms with E-state index in [1.54, 1.807) is 43.6 Å². The van der Waals surface area contributed by atoms with Gasteiger partial charge in [-0.05, 0) is 18.2 Å². The van der Waals surface area contributed by atoms with Crippen LogP contribution in [0.3, 0.4) is 0 Å². The van der Waals surface area contributed by atoms with Crippen LogP contribution in [0, 0.1) is 6.92 Å². The van der Waals surface area contributed by atoms with Crippen LogP contribution in [0.5, 0.6) is 5.75 Å². The molecule has 0 N–H and O–H groups in total. The molecular formula is C26H31N7O4. The fourth-order valence-electron chi connectivity index (χ4n) is 4.73.